The molecule has 0 bridgehead atoms. The highest BCUT2D eigenvalue weighted by atomic mass is 16.5. The Labute approximate surface area is 184 Å². The molecule has 0 radical (unpaired) electrons. The van der Waals surface area contributed by atoms with Gasteiger partial charge in [0, 0.05) is 16.8 Å². The van der Waals surface area contributed by atoms with E-state index in [1.54, 1.807) is 24.6 Å². The highest BCUT2D eigenvalue weighted by Crippen LogP contribution is 2.34. The number of rotatable bonds is 7. The van der Waals surface area contributed by atoms with Gasteiger partial charge in [-0.3, -0.25) is 4.79 Å². The first-order valence-electron chi connectivity index (χ1n) is 9.93. The quantitative estimate of drug-likeness (QED) is 0.334. The third-order valence-electron chi connectivity index (χ3n) is 5.30. The topological polar surface area (TPSA) is 103 Å². The molecule has 4 rings (SSSR count). The van der Waals surface area contributed by atoms with Gasteiger partial charge in [-0.25, -0.2) is 4.79 Å². The van der Waals surface area contributed by atoms with E-state index in [4.69, 9.17) is 15.2 Å². The van der Waals surface area contributed by atoms with Gasteiger partial charge in [0.25, 0.3) is 0 Å². The molecule has 0 amide bonds. The monoisotopic (exact) mass is 430 g/mol. The van der Waals surface area contributed by atoms with Crippen molar-refractivity contribution in [2.24, 2.45) is 0 Å². The number of ether oxygens (including phenoxy) is 2. The largest absolute Gasteiger partial charge is 0.494 e. The zero-order valence-electron chi connectivity index (χ0n) is 17.7. The second-order valence-electron chi connectivity index (χ2n) is 7.34. The molecular formula is C25H22N2O5. The van der Waals surface area contributed by atoms with Gasteiger partial charge in [0.15, 0.2) is 0 Å². The number of nitrogens with two attached hydrogens (primary N) is 1. The van der Waals surface area contributed by atoms with Gasteiger partial charge >= 0.3 is 5.97 Å². The summed E-state index contributed by atoms with van der Waals surface area (Å²) in [6.45, 7) is 2.17. The normalized spacial score (nSPS) is 10.8. The number of ketones is 1. The van der Waals surface area contributed by atoms with Crippen LogP contribution in [0.15, 0.2) is 66.9 Å². The third kappa shape index (κ3) is 3.76. The molecule has 2 heterocycles. The molecule has 4 aromatic rings. The van der Waals surface area contributed by atoms with Gasteiger partial charge in [0.1, 0.15) is 23.8 Å². The lowest BCUT2D eigenvalue weighted by molar-refractivity contribution is 0.0698. The number of anilines is 1. The summed E-state index contributed by atoms with van der Waals surface area (Å²) in [5.74, 6) is -0.389. The number of aromatic carboxylic acids is 1. The minimum atomic E-state index is -1.19. The number of carboxylic acid groups (broad SMARTS) is 1. The van der Waals surface area contributed by atoms with Gasteiger partial charge in [-0.1, -0.05) is 30.3 Å². The first-order chi connectivity index (χ1) is 15.4. The Hall–Kier alpha value is -4.26. The van der Waals surface area contributed by atoms with Gasteiger partial charge in [-0.15, -0.1) is 0 Å². The van der Waals surface area contributed by atoms with Crippen molar-refractivity contribution in [1.82, 2.24) is 4.40 Å². The zero-order valence-corrected chi connectivity index (χ0v) is 17.7. The van der Waals surface area contributed by atoms with Crippen molar-refractivity contribution in [3.8, 4) is 11.5 Å². The van der Waals surface area contributed by atoms with Gasteiger partial charge in [-0.2, -0.15) is 0 Å². The van der Waals surface area contributed by atoms with E-state index in [0.717, 1.165) is 5.56 Å². The zero-order chi connectivity index (χ0) is 22.8. The molecular weight excluding hydrogens is 408 g/mol. The van der Waals surface area contributed by atoms with Gasteiger partial charge in [0.05, 0.1) is 24.4 Å². The molecule has 0 atom stereocenters. The average molecular weight is 430 g/mol. The standard InChI is InChI=1S/C25H22N2O5/c1-15-22(23(28)17-8-10-20(26)19(12-17)25(29)30)27-13-18(9-11-21(27)24(15)31-2)32-14-16-6-4-3-5-7-16/h3-13H,14,26H2,1-2H3,(H,29,30). The van der Waals surface area contributed by atoms with Crippen LogP contribution in [0.4, 0.5) is 5.69 Å². The highest BCUT2D eigenvalue weighted by molar-refractivity contribution is 6.11. The maximum atomic E-state index is 13.4. The highest BCUT2D eigenvalue weighted by Gasteiger charge is 2.24. The Morgan fingerprint density at radius 2 is 1.81 bits per heavy atom. The molecule has 32 heavy (non-hydrogen) atoms. The Morgan fingerprint density at radius 1 is 1.06 bits per heavy atom. The van der Waals surface area contributed by atoms with Crippen molar-refractivity contribution in [3.05, 3.63) is 94.8 Å². The Bertz CT molecular complexity index is 1330. The van der Waals surface area contributed by atoms with Crippen molar-refractivity contribution < 1.29 is 24.2 Å². The van der Waals surface area contributed by atoms with E-state index in [2.05, 4.69) is 0 Å². The van der Waals surface area contributed by atoms with Crippen LogP contribution < -0.4 is 15.2 Å². The van der Waals surface area contributed by atoms with Crippen LogP contribution >= 0.6 is 0 Å². The summed E-state index contributed by atoms with van der Waals surface area (Å²) in [6, 6.07) is 17.6. The summed E-state index contributed by atoms with van der Waals surface area (Å²) in [4.78, 5) is 24.9. The first kappa shape index (κ1) is 21.0. The Balaban J connectivity index is 1.77. The number of nitrogens with zero attached hydrogens (tertiary/aromatic N) is 1. The summed E-state index contributed by atoms with van der Waals surface area (Å²) in [6.07, 6.45) is 1.73. The van der Waals surface area contributed by atoms with Crippen molar-refractivity contribution >= 4 is 23.0 Å². The van der Waals surface area contributed by atoms with E-state index in [0.29, 0.717) is 34.9 Å². The number of pyridine rings is 1. The van der Waals surface area contributed by atoms with Gasteiger partial charge in [0.2, 0.25) is 5.78 Å². The van der Waals surface area contributed by atoms with E-state index in [1.807, 2.05) is 42.5 Å². The maximum Gasteiger partial charge on any atom is 0.337 e. The smallest absolute Gasteiger partial charge is 0.337 e. The fourth-order valence-electron chi connectivity index (χ4n) is 3.71. The third-order valence-corrected chi connectivity index (χ3v) is 5.30. The summed E-state index contributed by atoms with van der Waals surface area (Å²) >= 11 is 0. The molecule has 2 aromatic heterocycles. The molecule has 162 valence electrons. The second kappa shape index (κ2) is 8.47. The van der Waals surface area contributed by atoms with Crippen molar-refractivity contribution in [2.45, 2.75) is 13.5 Å². The molecule has 7 nitrogen and oxygen atoms in total. The van der Waals surface area contributed by atoms with Crippen LogP contribution in [0.1, 0.15) is 37.5 Å². The average Bonchev–Trinajstić information content (AvgIpc) is 3.08. The molecule has 0 aliphatic rings. The number of nitrogen functional groups attached to an aromatic ring is 1. The van der Waals surface area contributed by atoms with E-state index in [1.165, 1.54) is 18.2 Å². The molecule has 0 saturated carbocycles. The van der Waals surface area contributed by atoms with Gasteiger partial charge < -0.3 is 24.7 Å². The summed E-state index contributed by atoms with van der Waals surface area (Å²) in [7, 11) is 1.54. The predicted molar refractivity (Wildman–Crippen MR) is 121 cm³/mol. The van der Waals surface area contributed by atoms with E-state index >= 15 is 0 Å². The lowest BCUT2D eigenvalue weighted by Gasteiger charge is -2.09. The van der Waals surface area contributed by atoms with Crippen LogP contribution in [0, 0.1) is 6.92 Å². The van der Waals surface area contributed by atoms with Crippen molar-refractivity contribution in [3.63, 3.8) is 0 Å². The fourth-order valence-corrected chi connectivity index (χ4v) is 3.71. The molecule has 3 N–H and O–H groups in total. The van der Waals surface area contributed by atoms with Crippen LogP contribution in [0.2, 0.25) is 0 Å². The number of aromatic nitrogens is 1. The van der Waals surface area contributed by atoms with E-state index in [-0.39, 0.29) is 22.6 Å². The Kier molecular flexibility index (Phi) is 5.55. The van der Waals surface area contributed by atoms with Crippen molar-refractivity contribution in [2.75, 3.05) is 12.8 Å². The second-order valence-corrected chi connectivity index (χ2v) is 7.34. The lowest BCUT2D eigenvalue weighted by Crippen LogP contribution is -2.10. The molecule has 0 spiro atoms. The number of carbonyl (C=O) groups excluding carboxylic acids is 1. The van der Waals surface area contributed by atoms with Crippen LogP contribution in [-0.2, 0) is 6.61 Å². The predicted octanol–water partition coefficient (Wildman–Crippen LogP) is 4.35. The SMILES string of the molecule is COc1c(C)c(C(=O)c2ccc(N)c(C(=O)O)c2)n2cc(OCc3ccccc3)ccc12. The summed E-state index contributed by atoms with van der Waals surface area (Å²) in [5.41, 5.74) is 8.68. The van der Waals surface area contributed by atoms with Crippen LogP contribution in [0.3, 0.4) is 0 Å². The summed E-state index contributed by atoms with van der Waals surface area (Å²) < 4.78 is 13.2. The Morgan fingerprint density at radius 3 is 2.50 bits per heavy atom. The number of methoxy groups -OCH3 is 1. The molecule has 0 saturated heterocycles. The van der Waals surface area contributed by atoms with E-state index in [9.17, 15) is 14.7 Å². The molecule has 7 heteroatoms. The molecule has 0 unspecified atom stereocenters. The minimum absolute atomic E-state index is 0.0972. The number of benzene rings is 2. The first-order valence-corrected chi connectivity index (χ1v) is 9.93. The minimum Gasteiger partial charge on any atom is -0.494 e. The molecule has 0 fully saturated rings. The summed E-state index contributed by atoms with van der Waals surface area (Å²) in [5, 5.41) is 9.37. The molecule has 0 aliphatic heterocycles. The van der Waals surface area contributed by atoms with Crippen molar-refractivity contribution in [1.29, 1.82) is 0 Å². The molecule has 2 aromatic carbocycles. The number of hydrogen-bond donors (Lipinski definition) is 2. The van der Waals surface area contributed by atoms with Crippen LogP contribution in [0.5, 0.6) is 11.5 Å². The molecule has 0 aliphatic carbocycles. The number of fused-ring (bicyclic) bond motifs is 1. The maximum absolute atomic E-state index is 13.4. The van der Waals surface area contributed by atoms with Crippen LogP contribution in [0.25, 0.3) is 5.52 Å². The van der Waals surface area contributed by atoms with Gasteiger partial charge in [-0.05, 0) is 42.8 Å². The lowest BCUT2D eigenvalue weighted by atomic mass is 10.0. The number of carbonyl (C=O) groups is 2. The van der Waals surface area contributed by atoms with Crippen LogP contribution in [-0.4, -0.2) is 28.4 Å². The number of carboxylic acids is 1. The fraction of sp³-hybridized carbons (Fsp3) is 0.120. The van der Waals surface area contributed by atoms with E-state index < -0.39 is 5.97 Å². The number of hydrogen-bond acceptors (Lipinski definition) is 5.